The summed E-state index contributed by atoms with van der Waals surface area (Å²) >= 11 is 0. The van der Waals surface area contributed by atoms with Gasteiger partial charge in [0.1, 0.15) is 11.3 Å². The van der Waals surface area contributed by atoms with E-state index in [9.17, 15) is 24.8 Å². The maximum atomic E-state index is 12.1. The number of carbonyl (C=O) groups is 2. The number of nitro benzene ring substituents is 1. The zero-order valence-electron chi connectivity index (χ0n) is 11.9. The molecule has 2 aromatic rings. The molecular weight excluding hydrogens is 304 g/mol. The Morgan fingerprint density at radius 2 is 1.87 bits per heavy atom. The van der Waals surface area contributed by atoms with E-state index >= 15 is 0 Å². The minimum Gasteiger partial charge on any atom is -0.507 e. The summed E-state index contributed by atoms with van der Waals surface area (Å²) in [6.45, 7) is 1.51. The molecule has 0 bridgehead atoms. The third-order valence-corrected chi connectivity index (χ3v) is 3.14. The van der Waals surface area contributed by atoms with Crippen molar-refractivity contribution in [2.75, 3.05) is 5.32 Å². The Bertz CT molecular complexity index is 816. The zero-order chi connectivity index (χ0) is 17.1. The summed E-state index contributed by atoms with van der Waals surface area (Å²) < 4.78 is 0. The Morgan fingerprint density at radius 3 is 2.43 bits per heavy atom. The zero-order valence-corrected chi connectivity index (χ0v) is 11.9. The third-order valence-electron chi connectivity index (χ3n) is 3.14. The number of amides is 1. The minimum absolute atomic E-state index is 0.0978. The Balaban J connectivity index is 2.26. The number of aryl methyl sites for hydroxylation is 1. The average molecular weight is 316 g/mol. The molecule has 2 rings (SSSR count). The van der Waals surface area contributed by atoms with Gasteiger partial charge in [-0.25, -0.2) is 4.79 Å². The van der Waals surface area contributed by atoms with Crippen molar-refractivity contribution in [1.29, 1.82) is 0 Å². The molecule has 0 saturated carbocycles. The number of nitro groups is 1. The van der Waals surface area contributed by atoms with Gasteiger partial charge in [0.2, 0.25) is 0 Å². The highest BCUT2D eigenvalue weighted by Gasteiger charge is 2.15. The van der Waals surface area contributed by atoms with Crippen LogP contribution in [0.15, 0.2) is 36.4 Å². The van der Waals surface area contributed by atoms with Crippen molar-refractivity contribution in [3.63, 3.8) is 0 Å². The molecule has 0 saturated heterocycles. The van der Waals surface area contributed by atoms with E-state index in [0.29, 0.717) is 5.56 Å². The van der Waals surface area contributed by atoms with Crippen LogP contribution < -0.4 is 5.32 Å². The van der Waals surface area contributed by atoms with Gasteiger partial charge in [0.15, 0.2) is 0 Å². The maximum Gasteiger partial charge on any atom is 0.339 e. The van der Waals surface area contributed by atoms with Crippen molar-refractivity contribution in [3.05, 3.63) is 63.2 Å². The predicted octanol–water partition coefficient (Wildman–Crippen LogP) is 2.56. The van der Waals surface area contributed by atoms with Crippen molar-refractivity contribution >= 4 is 23.3 Å². The van der Waals surface area contributed by atoms with Crippen molar-refractivity contribution in [2.45, 2.75) is 6.92 Å². The Hall–Kier alpha value is -3.42. The van der Waals surface area contributed by atoms with Gasteiger partial charge in [0, 0.05) is 22.9 Å². The second kappa shape index (κ2) is 6.14. The summed E-state index contributed by atoms with van der Waals surface area (Å²) in [6, 6.07) is 7.51. The molecule has 1 amide bonds. The van der Waals surface area contributed by atoms with E-state index in [1.807, 2.05) is 0 Å². The van der Waals surface area contributed by atoms with Crippen LogP contribution in [0.3, 0.4) is 0 Å². The van der Waals surface area contributed by atoms with Crippen LogP contribution in [-0.2, 0) is 0 Å². The van der Waals surface area contributed by atoms with Crippen molar-refractivity contribution in [1.82, 2.24) is 0 Å². The molecule has 0 aliphatic rings. The van der Waals surface area contributed by atoms with Crippen LogP contribution >= 0.6 is 0 Å². The van der Waals surface area contributed by atoms with Gasteiger partial charge in [0.05, 0.1) is 4.92 Å². The standard InChI is InChI=1S/C15H12N2O6/c1-8-6-9(2-4-12(8)17(22)23)14(19)16-10-3-5-13(18)11(7-10)15(20)21/h2-7,18H,1H3,(H,16,19)(H,20,21). The lowest BCUT2D eigenvalue weighted by atomic mass is 10.1. The molecule has 8 heteroatoms. The summed E-state index contributed by atoms with van der Waals surface area (Å²) in [5.41, 5.74) is 0.265. The monoisotopic (exact) mass is 316 g/mol. The number of carboxylic acid groups (broad SMARTS) is 1. The fraction of sp³-hybridized carbons (Fsp3) is 0.0667. The third kappa shape index (κ3) is 3.43. The van der Waals surface area contributed by atoms with E-state index in [4.69, 9.17) is 5.11 Å². The van der Waals surface area contributed by atoms with Gasteiger partial charge in [-0.1, -0.05) is 0 Å². The van der Waals surface area contributed by atoms with Crippen LogP contribution in [0, 0.1) is 17.0 Å². The summed E-state index contributed by atoms with van der Waals surface area (Å²) in [4.78, 5) is 33.3. The van der Waals surface area contributed by atoms with Crippen LogP contribution in [-0.4, -0.2) is 27.0 Å². The van der Waals surface area contributed by atoms with Gasteiger partial charge in [-0.05, 0) is 37.3 Å². The number of carbonyl (C=O) groups excluding carboxylic acids is 1. The molecule has 0 fully saturated rings. The lowest BCUT2D eigenvalue weighted by molar-refractivity contribution is -0.385. The number of nitrogens with one attached hydrogen (secondary N) is 1. The van der Waals surface area contributed by atoms with Gasteiger partial charge in [-0.3, -0.25) is 14.9 Å². The molecule has 2 aromatic carbocycles. The number of hydrogen-bond donors (Lipinski definition) is 3. The summed E-state index contributed by atoms with van der Waals surface area (Å²) in [5.74, 6) is -2.29. The lowest BCUT2D eigenvalue weighted by Crippen LogP contribution is -2.13. The number of aromatic hydroxyl groups is 1. The number of benzene rings is 2. The number of phenols is 1. The topological polar surface area (TPSA) is 130 Å². The normalized spacial score (nSPS) is 10.1. The molecule has 0 radical (unpaired) electrons. The highest BCUT2D eigenvalue weighted by molar-refractivity contribution is 6.05. The highest BCUT2D eigenvalue weighted by Crippen LogP contribution is 2.23. The predicted molar refractivity (Wildman–Crippen MR) is 80.9 cm³/mol. The summed E-state index contributed by atoms with van der Waals surface area (Å²) in [6.07, 6.45) is 0. The molecule has 118 valence electrons. The second-order valence-corrected chi connectivity index (χ2v) is 4.75. The molecule has 8 nitrogen and oxygen atoms in total. The first-order chi connectivity index (χ1) is 10.8. The molecular formula is C15H12N2O6. The van der Waals surface area contributed by atoms with Gasteiger partial charge < -0.3 is 15.5 Å². The fourth-order valence-corrected chi connectivity index (χ4v) is 1.99. The molecule has 0 atom stereocenters. The fourth-order valence-electron chi connectivity index (χ4n) is 1.99. The van der Waals surface area contributed by atoms with Crippen LogP contribution in [0.5, 0.6) is 5.75 Å². The number of rotatable bonds is 4. The number of aromatic carboxylic acids is 1. The SMILES string of the molecule is Cc1cc(C(=O)Nc2ccc(O)c(C(=O)O)c2)ccc1[N+](=O)[O-]. The van der Waals surface area contributed by atoms with Gasteiger partial charge >= 0.3 is 5.97 Å². The highest BCUT2D eigenvalue weighted by atomic mass is 16.6. The van der Waals surface area contributed by atoms with E-state index in [0.717, 1.165) is 12.1 Å². The molecule has 0 unspecified atom stereocenters. The number of carboxylic acids is 1. The largest absolute Gasteiger partial charge is 0.507 e. The van der Waals surface area contributed by atoms with E-state index in [1.165, 1.54) is 31.2 Å². The molecule has 3 N–H and O–H groups in total. The van der Waals surface area contributed by atoms with Crippen LogP contribution in [0.4, 0.5) is 11.4 Å². The number of hydrogen-bond acceptors (Lipinski definition) is 5. The minimum atomic E-state index is -1.33. The van der Waals surface area contributed by atoms with Gasteiger partial charge in [-0.15, -0.1) is 0 Å². The molecule has 0 heterocycles. The first-order valence-corrected chi connectivity index (χ1v) is 6.42. The van der Waals surface area contributed by atoms with Crippen LogP contribution in [0.1, 0.15) is 26.3 Å². The van der Waals surface area contributed by atoms with Crippen LogP contribution in [0.25, 0.3) is 0 Å². The quantitative estimate of drug-likeness (QED) is 0.451. The maximum absolute atomic E-state index is 12.1. The summed E-state index contributed by atoms with van der Waals surface area (Å²) in [5, 5.41) is 31.6. The summed E-state index contributed by atoms with van der Waals surface area (Å²) in [7, 11) is 0. The molecule has 0 aliphatic carbocycles. The number of nitrogens with zero attached hydrogens (tertiary/aromatic N) is 1. The lowest BCUT2D eigenvalue weighted by Gasteiger charge is -2.08. The van der Waals surface area contributed by atoms with Crippen LogP contribution in [0.2, 0.25) is 0 Å². The van der Waals surface area contributed by atoms with Crippen molar-refractivity contribution < 1.29 is 24.7 Å². The molecule has 0 spiro atoms. The van der Waals surface area contributed by atoms with Crippen molar-refractivity contribution in [3.8, 4) is 5.75 Å². The number of anilines is 1. The Labute approximate surface area is 130 Å². The molecule has 0 aromatic heterocycles. The van der Waals surface area contributed by atoms with E-state index < -0.39 is 22.5 Å². The smallest absolute Gasteiger partial charge is 0.339 e. The van der Waals surface area contributed by atoms with Gasteiger partial charge in [-0.2, -0.15) is 0 Å². The van der Waals surface area contributed by atoms with E-state index in [1.54, 1.807) is 0 Å². The molecule has 23 heavy (non-hydrogen) atoms. The Kier molecular flexibility index (Phi) is 4.26. The van der Waals surface area contributed by atoms with E-state index in [-0.39, 0.29) is 22.5 Å². The van der Waals surface area contributed by atoms with E-state index in [2.05, 4.69) is 5.32 Å². The Morgan fingerprint density at radius 1 is 1.17 bits per heavy atom. The first-order valence-electron chi connectivity index (χ1n) is 6.42. The van der Waals surface area contributed by atoms with Gasteiger partial charge in [0.25, 0.3) is 11.6 Å². The second-order valence-electron chi connectivity index (χ2n) is 4.75. The first kappa shape index (κ1) is 16.0. The molecule has 0 aliphatic heterocycles. The average Bonchev–Trinajstić information content (AvgIpc) is 2.48. The van der Waals surface area contributed by atoms with Crippen molar-refractivity contribution in [2.24, 2.45) is 0 Å².